The molecule has 0 saturated carbocycles. The van der Waals surface area contributed by atoms with E-state index in [1.165, 1.54) is 0 Å². The molecule has 3 rings (SSSR count). The van der Waals surface area contributed by atoms with Crippen molar-refractivity contribution in [3.05, 3.63) is 36.5 Å². The molecule has 1 fully saturated rings. The van der Waals surface area contributed by atoms with E-state index in [1.807, 2.05) is 30.3 Å². The highest BCUT2D eigenvalue weighted by molar-refractivity contribution is 5.95. The van der Waals surface area contributed by atoms with Crippen LogP contribution in [0, 0.1) is 0 Å². The molecular weight excluding hydrogens is 240 g/mol. The van der Waals surface area contributed by atoms with E-state index in [1.54, 1.807) is 6.20 Å². The van der Waals surface area contributed by atoms with Gasteiger partial charge in [0.05, 0.1) is 11.7 Å². The number of H-pyrrole nitrogens is 1. The van der Waals surface area contributed by atoms with Crippen LogP contribution in [0.5, 0.6) is 0 Å². The number of carbonyl (C=O) groups excluding carboxylic acids is 1. The fourth-order valence-corrected chi connectivity index (χ4v) is 2.32. The van der Waals surface area contributed by atoms with Gasteiger partial charge >= 0.3 is 0 Å². The van der Waals surface area contributed by atoms with E-state index in [2.05, 4.69) is 20.8 Å². The summed E-state index contributed by atoms with van der Waals surface area (Å²) in [7, 11) is 0. The third-order valence-electron chi connectivity index (χ3n) is 3.32. The fourth-order valence-electron chi connectivity index (χ4n) is 2.32. The average molecular weight is 256 g/mol. The number of nitrogens with one attached hydrogen (secondary N) is 3. The molecular formula is C14H16N4O. The van der Waals surface area contributed by atoms with Gasteiger partial charge in [0, 0.05) is 17.4 Å². The quantitative estimate of drug-likeness (QED) is 0.783. The maximum atomic E-state index is 12.0. The van der Waals surface area contributed by atoms with E-state index < -0.39 is 0 Å². The molecule has 3 N–H and O–H groups in total. The molecule has 5 nitrogen and oxygen atoms in total. The maximum Gasteiger partial charge on any atom is 0.241 e. The van der Waals surface area contributed by atoms with Crippen LogP contribution < -0.4 is 10.6 Å². The molecule has 1 atom stereocenters. The van der Waals surface area contributed by atoms with Crippen LogP contribution in [0.1, 0.15) is 12.8 Å². The Morgan fingerprint density at radius 3 is 3.05 bits per heavy atom. The van der Waals surface area contributed by atoms with Crippen LogP contribution in [0.15, 0.2) is 36.5 Å². The number of nitrogens with zero attached hydrogens (tertiary/aromatic N) is 1. The van der Waals surface area contributed by atoms with Crippen molar-refractivity contribution < 1.29 is 4.79 Å². The molecule has 0 bridgehead atoms. The van der Waals surface area contributed by atoms with Crippen molar-refractivity contribution in [2.24, 2.45) is 0 Å². The largest absolute Gasteiger partial charge is 0.325 e. The average Bonchev–Trinajstić information content (AvgIpc) is 3.13. The van der Waals surface area contributed by atoms with Crippen LogP contribution >= 0.6 is 0 Å². The van der Waals surface area contributed by atoms with Crippen molar-refractivity contribution in [2.75, 3.05) is 11.9 Å². The second-order valence-electron chi connectivity index (χ2n) is 4.69. The fraction of sp³-hybridized carbons (Fsp3) is 0.286. The molecule has 19 heavy (non-hydrogen) atoms. The number of benzene rings is 1. The number of hydrogen-bond acceptors (Lipinski definition) is 3. The summed E-state index contributed by atoms with van der Waals surface area (Å²) >= 11 is 0. The molecule has 0 aliphatic carbocycles. The number of rotatable bonds is 3. The molecule has 0 spiro atoms. The molecule has 1 saturated heterocycles. The molecule has 1 aliphatic heterocycles. The van der Waals surface area contributed by atoms with Gasteiger partial charge in [-0.25, -0.2) is 0 Å². The van der Waals surface area contributed by atoms with Crippen molar-refractivity contribution in [1.82, 2.24) is 15.5 Å². The maximum absolute atomic E-state index is 12.0. The Kier molecular flexibility index (Phi) is 3.29. The topological polar surface area (TPSA) is 69.8 Å². The Morgan fingerprint density at radius 2 is 2.32 bits per heavy atom. The Morgan fingerprint density at radius 1 is 1.37 bits per heavy atom. The second-order valence-corrected chi connectivity index (χ2v) is 4.69. The minimum absolute atomic E-state index is 0.0410. The molecule has 1 aliphatic rings. The van der Waals surface area contributed by atoms with E-state index in [-0.39, 0.29) is 11.9 Å². The van der Waals surface area contributed by atoms with Crippen molar-refractivity contribution in [2.45, 2.75) is 18.9 Å². The SMILES string of the molecule is O=C(Nc1cccc(-c2ccn[nH]2)c1)[C@H]1CCCN1. The zero-order chi connectivity index (χ0) is 13.1. The van der Waals surface area contributed by atoms with Crippen LogP contribution in [0.4, 0.5) is 5.69 Å². The second kappa shape index (κ2) is 5.24. The number of aromatic amines is 1. The van der Waals surface area contributed by atoms with Gasteiger partial charge in [-0.1, -0.05) is 12.1 Å². The predicted molar refractivity (Wildman–Crippen MR) is 73.7 cm³/mol. The lowest BCUT2D eigenvalue weighted by Crippen LogP contribution is -2.35. The number of aromatic nitrogens is 2. The molecule has 1 aromatic carbocycles. The monoisotopic (exact) mass is 256 g/mol. The first-order valence-corrected chi connectivity index (χ1v) is 6.47. The van der Waals surface area contributed by atoms with Gasteiger partial charge in [-0.05, 0) is 37.6 Å². The number of carbonyl (C=O) groups is 1. The number of hydrogen-bond donors (Lipinski definition) is 3. The van der Waals surface area contributed by atoms with Crippen molar-refractivity contribution >= 4 is 11.6 Å². The van der Waals surface area contributed by atoms with Gasteiger partial charge in [0.15, 0.2) is 0 Å². The normalized spacial score (nSPS) is 18.4. The lowest BCUT2D eigenvalue weighted by atomic mass is 10.1. The summed E-state index contributed by atoms with van der Waals surface area (Å²) in [6.07, 6.45) is 3.68. The van der Waals surface area contributed by atoms with Crippen LogP contribution in [-0.2, 0) is 4.79 Å². The Hall–Kier alpha value is -2.14. The van der Waals surface area contributed by atoms with Crippen LogP contribution in [-0.4, -0.2) is 28.7 Å². The van der Waals surface area contributed by atoms with Gasteiger partial charge < -0.3 is 10.6 Å². The van der Waals surface area contributed by atoms with Crippen molar-refractivity contribution in [1.29, 1.82) is 0 Å². The Balaban J connectivity index is 1.74. The molecule has 1 aromatic heterocycles. The third-order valence-corrected chi connectivity index (χ3v) is 3.32. The first-order chi connectivity index (χ1) is 9.33. The highest BCUT2D eigenvalue weighted by Crippen LogP contribution is 2.20. The third kappa shape index (κ3) is 2.66. The van der Waals surface area contributed by atoms with E-state index in [0.717, 1.165) is 36.3 Å². The highest BCUT2D eigenvalue weighted by atomic mass is 16.2. The lowest BCUT2D eigenvalue weighted by Gasteiger charge is -2.11. The Labute approximate surface area is 111 Å². The molecule has 1 amide bonds. The molecule has 0 unspecified atom stereocenters. The molecule has 2 heterocycles. The van der Waals surface area contributed by atoms with Crippen molar-refractivity contribution in [3.8, 4) is 11.3 Å². The van der Waals surface area contributed by atoms with Gasteiger partial charge in [0.25, 0.3) is 0 Å². The van der Waals surface area contributed by atoms with Crippen LogP contribution in [0.25, 0.3) is 11.3 Å². The summed E-state index contributed by atoms with van der Waals surface area (Å²) in [6, 6.07) is 9.59. The summed E-state index contributed by atoms with van der Waals surface area (Å²) in [5, 5.41) is 13.0. The molecule has 0 radical (unpaired) electrons. The highest BCUT2D eigenvalue weighted by Gasteiger charge is 2.21. The van der Waals surface area contributed by atoms with Crippen LogP contribution in [0.2, 0.25) is 0 Å². The summed E-state index contributed by atoms with van der Waals surface area (Å²) in [4.78, 5) is 12.0. The van der Waals surface area contributed by atoms with Gasteiger partial charge in [0.2, 0.25) is 5.91 Å². The smallest absolute Gasteiger partial charge is 0.241 e. The van der Waals surface area contributed by atoms with Gasteiger partial charge in [0.1, 0.15) is 0 Å². The molecule has 5 heteroatoms. The van der Waals surface area contributed by atoms with E-state index in [9.17, 15) is 4.79 Å². The van der Waals surface area contributed by atoms with Gasteiger partial charge in [-0.2, -0.15) is 5.10 Å². The number of anilines is 1. The standard InChI is InChI=1S/C14H16N4O/c19-14(13-5-2-7-15-13)17-11-4-1-3-10(9-11)12-6-8-16-18-12/h1,3-4,6,8-9,13,15H,2,5,7H2,(H,16,18)(H,17,19)/t13-/m1/s1. The van der Waals surface area contributed by atoms with E-state index in [0.29, 0.717) is 0 Å². The summed E-state index contributed by atoms with van der Waals surface area (Å²) in [5.41, 5.74) is 2.76. The van der Waals surface area contributed by atoms with Crippen molar-refractivity contribution in [3.63, 3.8) is 0 Å². The summed E-state index contributed by atoms with van der Waals surface area (Å²) in [6.45, 7) is 0.923. The molecule has 98 valence electrons. The molecule has 2 aromatic rings. The van der Waals surface area contributed by atoms with E-state index in [4.69, 9.17) is 0 Å². The van der Waals surface area contributed by atoms with Gasteiger partial charge in [-0.15, -0.1) is 0 Å². The Bertz CT molecular complexity index is 559. The summed E-state index contributed by atoms with van der Waals surface area (Å²) in [5.74, 6) is 0.0410. The minimum Gasteiger partial charge on any atom is -0.325 e. The van der Waals surface area contributed by atoms with Crippen LogP contribution in [0.3, 0.4) is 0 Å². The summed E-state index contributed by atoms with van der Waals surface area (Å²) < 4.78 is 0. The first-order valence-electron chi connectivity index (χ1n) is 6.47. The number of amides is 1. The zero-order valence-corrected chi connectivity index (χ0v) is 10.5. The zero-order valence-electron chi connectivity index (χ0n) is 10.5. The van der Waals surface area contributed by atoms with Gasteiger partial charge in [-0.3, -0.25) is 9.89 Å². The minimum atomic E-state index is -0.0594. The first kappa shape index (κ1) is 11.9. The lowest BCUT2D eigenvalue weighted by molar-refractivity contribution is -0.117. The van der Waals surface area contributed by atoms with E-state index >= 15 is 0 Å². The predicted octanol–water partition coefficient (Wildman–Crippen LogP) is 1.77.